The number of hydrogen-bond donors (Lipinski definition) is 1. The van der Waals surface area contributed by atoms with Crippen molar-refractivity contribution in [2.45, 2.75) is 31.7 Å². The topological polar surface area (TPSA) is 80.8 Å². The molecule has 1 unspecified atom stereocenters. The molecule has 0 bridgehead atoms. The second-order valence-corrected chi connectivity index (χ2v) is 7.89. The maximum atomic E-state index is 13.1. The fourth-order valence-corrected chi connectivity index (χ4v) is 4.30. The lowest BCUT2D eigenvalue weighted by Crippen LogP contribution is -2.29. The summed E-state index contributed by atoms with van der Waals surface area (Å²) in [5, 5.41) is 22.0. The predicted octanol–water partition coefficient (Wildman–Crippen LogP) is 5.12. The van der Waals surface area contributed by atoms with E-state index < -0.39 is 22.7 Å². The first-order valence-electron chi connectivity index (χ1n) is 10.3. The third-order valence-electron chi connectivity index (χ3n) is 5.85. The van der Waals surface area contributed by atoms with Crippen molar-refractivity contribution < 1.29 is 27.9 Å². The lowest BCUT2D eigenvalue weighted by Gasteiger charge is -2.31. The van der Waals surface area contributed by atoms with E-state index in [4.69, 9.17) is 4.74 Å². The summed E-state index contributed by atoms with van der Waals surface area (Å²) in [7, 11) is 1.31. The molecule has 0 fully saturated rings. The maximum absolute atomic E-state index is 13.1. The van der Waals surface area contributed by atoms with Crippen LogP contribution in [0.15, 0.2) is 54.7 Å². The number of phenols is 1. The van der Waals surface area contributed by atoms with Crippen LogP contribution in [0.2, 0.25) is 0 Å². The van der Waals surface area contributed by atoms with Gasteiger partial charge in [0, 0.05) is 43.2 Å². The summed E-state index contributed by atoms with van der Waals surface area (Å²) < 4.78 is 46.4. The van der Waals surface area contributed by atoms with Gasteiger partial charge >= 0.3 is 6.18 Å². The van der Waals surface area contributed by atoms with Crippen molar-refractivity contribution in [1.82, 2.24) is 9.47 Å². The van der Waals surface area contributed by atoms with Crippen LogP contribution in [0, 0.1) is 10.1 Å². The Bertz CT molecular complexity index is 1160. The molecule has 1 aliphatic heterocycles. The minimum Gasteiger partial charge on any atom is -0.504 e. The number of methoxy groups -OCH3 is 1. The van der Waals surface area contributed by atoms with Gasteiger partial charge in [-0.1, -0.05) is 12.1 Å². The molecule has 0 amide bonds. The standard InChI is InChI=1S/C23H22F3N3O4/c1-33-20-13-18(29(31)32)12-16(22(20)30)14-28-11-3-10-27-9-2-4-19(27)21(28)15-5-7-17(8-6-15)23(24,25)26/h2,4-9,12-13,21,30H,3,10-11,14H2,1H3. The molecule has 0 saturated heterocycles. The van der Waals surface area contributed by atoms with Crippen LogP contribution in [0.5, 0.6) is 11.5 Å². The highest BCUT2D eigenvalue weighted by molar-refractivity contribution is 5.53. The van der Waals surface area contributed by atoms with Crippen molar-refractivity contribution >= 4 is 5.69 Å². The largest absolute Gasteiger partial charge is 0.504 e. The van der Waals surface area contributed by atoms with Crippen LogP contribution >= 0.6 is 0 Å². The zero-order valence-corrected chi connectivity index (χ0v) is 17.7. The monoisotopic (exact) mass is 461 g/mol. The molecule has 0 radical (unpaired) electrons. The molecule has 1 N–H and O–H groups in total. The van der Waals surface area contributed by atoms with Crippen LogP contribution in [0.1, 0.15) is 34.8 Å². The van der Waals surface area contributed by atoms with Crippen LogP contribution in [0.25, 0.3) is 0 Å². The molecule has 1 atom stereocenters. The SMILES string of the molecule is COc1cc([N+](=O)[O-])cc(CN2CCCn3cccc3C2c2ccc(C(F)(F)F)cc2)c1O. The summed E-state index contributed by atoms with van der Waals surface area (Å²) in [6, 6.07) is 10.9. The summed E-state index contributed by atoms with van der Waals surface area (Å²) in [4.78, 5) is 12.8. The molecule has 0 aliphatic carbocycles. The smallest absolute Gasteiger partial charge is 0.416 e. The van der Waals surface area contributed by atoms with Crippen LogP contribution in [0.4, 0.5) is 18.9 Å². The van der Waals surface area contributed by atoms with E-state index in [-0.39, 0.29) is 23.7 Å². The van der Waals surface area contributed by atoms with Crippen molar-refractivity contribution in [2.75, 3.05) is 13.7 Å². The fourth-order valence-electron chi connectivity index (χ4n) is 4.30. The van der Waals surface area contributed by atoms with Crippen molar-refractivity contribution in [3.8, 4) is 11.5 Å². The van der Waals surface area contributed by atoms with Crippen LogP contribution in [0.3, 0.4) is 0 Å². The van der Waals surface area contributed by atoms with E-state index in [1.807, 2.05) is 23.2 Å². The number of nitrogens with zero attached hydrogens (tertiary/aromatic N) is 3. The number of nitro benzene ring substituents is 1. The molecule has 2 aromatic carbocycles. The number of alkyl halides is 3. The van der Waals surface area contributed by atoms with Gasteiger partial charge in [0.1, 0.15) is 0 Å². The Hall–Kier alpha value is -3.53. The molecule has 0 saturated carbocycles. The number of phenolic OH excluding ortho intramolecular Hbond substituents is 1. The zero-order chi connectivity index (χ0) is 23.8. The Morgan fingerprint density at radius 3 is 2.55 bits per heavy atom. The number of halogens is 3. The van der Waals surface area contributed by atoms with E-state index in [0.717, 1.165) is 36.9 Å². The number of benzene rings is 2. The van der Waals surface area contributed by atoms with E-state index in [0.29, 0.717) is 17.7 Å². The van der Waals surface area contributed by atoms with E-state index >= 15 is 0 Å². The van der Waals surface area contributed by atoms with E-state index in [2.05, 4.69) is 4.57 Å². The lowest BCUT2D eigenvalue weighted by atomic mass is 9.99. The summed E-state index contributed by atoms with van der Waals surface area (Å²) in [6.45, 7) is 1.43. The molecule has 33 heavy (non-hydrogen) atoms. The van der Waals surface area contributed by atoms with E-state index in [9.17, 15) is 28.4 Å². The summed E-state index contributed by atoms with van der Waals surface area (Å²) in [5.74, 6) is -0.211. The average molecular weight is 461 g/mol. The van der Waals surface area contributed by atoms with Gasteiger partial charge in [0.2, 0.25) is 0 Å². The van der Waals surface area contributed by atoms with Gasteiger partial charge in [0.25, 0.3) is 5.69 Å². The maximum Gasteiger partial charge on any atom is 0.416 e. The van der Waals surface area contributed by atoms with Crippen molar-refractivity contribution in [1.29, 1.82) is 0 Å². The second-order valence-electron chi connectivity index (χ2n) is 7.89. The number of non-ortho nitro benzene ring substituents is 1. The highest BCUT2D eigenvalue weighted by atomic mass is 19.4. The normalized spacial score (nSPS) is 16.8. The third kappa shape index (κ3) is 4.51. The zero-order valence-electron chi connectivity index (χ0n) is 17.7. The average Bonchev–Trinajstić information content (AvgIpc) is 3.15. The van der Waals surface area contributed by atoms with Gasteiger partial charge in [-0.05, 0) is 36.2 Å². The Balaban J connectivity index is 1.77. The molecular formula is C23H22F3N3O4. The quantitative estimate of drug-likeness (QED) is 0.421. The van der Waals surface area contributed by atoms with Crippen LogP contribution in [-0.2, 0) is 19.3 Å². The highest BCUT2D eigenvalue weighted by Gasteiger charge is 2.32. The van der Waals surface area contributed by atoms with Gasteiger partial charge in [-0.2, -0.15) is 13.2 Å². The third-order valence-corrected chi connectivity index (χ3v) is 5.85. The number of aryl methyl sites for hydroxylation is 1. The van der Waals surface area contributed by atoms with Crippen molar-refractivity contribution in [3.63, 3.8) is 0 Å². The number of nitro groups is 1. The molecule has 3 aromatic rings. The molecule has 1 aromatic heterocycles. The number of fused-ring (bicyclic) bond motifs is 1. The first-order chi connectivity index (χ1) is 15.7. The molecule has 4 rings (SSSR count). The van der Waals surface area contributed by atoms with Crippen molar-refractivity contribution in [2.24, 2.45) is 0 Å². The summed E-state index contributed by atoms with van der Waals surface area (Å²) in [6.07, 6.45) is -1.76. The first kappa shape index (κ1) is 22.7. The predicted molar refractivity (Wildman–Crippen MR) is 114 cm³/mol. The molecule has 1 aliphatic rings. The van der Waals surface area contributed by atoms with Gasteiger partial charge in [-0.25, -0.2) is 0 Å². The molecule has 7 nitrogen and oxygen atoms in total. The number of aromatic nitrogens is 1. The van der Waals surface area contributed by atoms with Crippen molar-refractivity contribution in [3.05, 3.63) is 87.2 Å². The lowest BCUT2D eigenvalue weighted by molar-refractivity contribution is -0.385. The summed E-state index contributed by atoms with van der Waals surface area (Å²) in [5.41, 5.74) is 0.899. The van der Waals surface area contributed by atoms with E-state index in [1.165, 1.54) is 25.3 Å². The molecule has 2 heterocycles. The van der Waals surface area contributed by atoms with Gasteiger partial charge in [0.15, 0.2) is 11.5 Å². The Kier molecular flexibility index (Phi) is 6.03. The Morgan fingerprint density at radius 2 is 1.91 bits per heavy atom. The highest BCUT2D eigenvalue weighted by Crippen LogP contribution is 2.39. The minimum absolute atomic E-state index is 0.0107. The van der Waals surface area contributed by atoms with Gasteiger partial charge in [-0.15, -0.1) is 0 Å². The molecule has 10 heteroatoms. The van der Waals surface area contributed by atoms with Gasteiger partial charge in [0.05, 0.1) is 29.7 Å². The first-order valence-corrected chi connectivity index (χ1v) is 10.3. The number of rotatable bonds is 5. The minimum atomic E-state index is -4.44. The molecule has 0 spiro atoms. The van der Waals surface area contributed by atoms with E-state index in [1.54, 1.807) is 0 Å². The van der Waals surface area contributed by atoms with Gasteiger partial charge in [-0.3, -0.25) is 15.0 Å². The summed E-state index contributed by atoms with van der Waals surface area (Å²) >= 11 is 0. The second kappa shape index (κ2) is 8.78. The molecular weight excluding hydrogens is 439 g/mol. The number of ether oxygens (including phenoxy) is 1. The van der Waals surface area contributed by atoms with Crippen LogP contribution < -0.4 is 4.74 Å². The van der Waals surface area contributed by atoms with Gasteiger partial charge < -0.3 is 14.4 Å². The Labute approximate surface area is 187 Å². The molecule has 174 valence electrons. The Morgan fingerprint density at radius 1 is 1.18 bits per heavy atom. The fraction of sp³-hybridized carbons (Fsp3) is 0.304. The number of aromatic hydroxyl groups is 1. The number of hydrogen-bond acceptors (Lipinski definition) is 5. The van der Waals surface area contributed by atoms with Crippen LogP contribution in [-0.4, -0.2) is 33.2 Å².